The molecule has 2 N–H and O–H groups in total. The fraction of sp³-hybridized carbons (Fsp3) is 0.364. The molecular formula is C11H16FN3O4S. The quantitative estimate of drug-likeness (QED) is 0.865. The van der Waals surface area contributed by atoms with E-state index in [4.69, 9.17) is 0 Å². The molecule has 0 fully saturated rings. The summed E-state index contributed by atoms with van der Waals surface area (Å²) in [6.07, 6.45) is -0.820. The Morgan fingerprint density at radius 1 is 1.40 bits per heavy atom. The lowest BCUT2D eigenvalue weighted by atomic mass is 10.3. The third-order valence-corrected chi connectivity index (χ3v) is 3.66. The van der Waals surface area contributed by atoms with Crippen molar-refractivity contribution in [1.82, 2.24) is 4.31 Å². The SMILES string of the molecule is CCOC(=O)Nc1cc(NS(=O)(=O)N(C)C)ccc1F. The average molecular weight is 305 g/mol. The van der Waals surface area contributed by atoms with Gasteiger partial charge in [-0.1, -0.05) is 0 Å². The van der Waals surface area contributed by atoms with E-state index < -0.39 is 22.1 Å². The first-order valence-electron chi connectivity index (χ1n) is 5.70. The van der Waals surface area contributed by atoms with Crippen LogP contribution in [0.3, 0.4) is 0 Å². The molecule has 0 aliphatic rings. The summed E-state index contributed by atoms with van der Waals surface area (Å²) in [6.45, 7) is 1.75. The standard InChI is InChI=1S/C11H16FN3O4S/c1-4-19-11(16)13-10-7-8(5-6-9(10)12)14-20(17,18)15(2)3/h5-7,14H,4H2,1-3H3,(H,13,16). The highest BCUT2D eigenvalue weighted by molar-refractivity contribution is 7.90. The molecule has 0 bridgehead atoms. The van der Waals surface area contributed by atoms with Gasteiger partial charge in [0, 0.05) is 14.1 Å². The number of nitrogens with zero attached hydrogens (tertiary/aromatic N) is 1. The number of benzene rings is 1. The fourth-order valence-electron chi connectivity index (χ4n) is 1.20. The van der Waals surface area contributed by atoms with Gasteiger partial charge in [-0.2, -0.15) is 12.7 Å². The van der Waals surface area contributed by atoms with Gasteiger partial charge in [-0.25, -0.2) is 9.18 Å². The molecule has 0 unspecified atom stereocenters. The lowest BCUT2D eigenvalue weighted by molar-refractivity contribution is 0.168. The largest absolute Gasteiger partial charge is 0.450 e. The summed E-state index contributed by atoms with van der Waals surface area (Å²) in [6, 6.07) is 3.44. The first-order valence-corrected chi connectivity index (χ1v) is 7.14. The number of hydrogen-bond acceptors (Lipinski definition) is 4. The second-order valence-electron chi connectivity index (χ2n) is 3.93. The molecule has 0 radical (unpaired) electrons. The summed E-state index contributed by atoms with van der Waals surface area (Å²) >= 11 is 0. The third kappa shape index (κ3) is 4.35. The lowest BCUT2D eigenvalue weighted by Gasteiger charge is -2.14. The van der Waals surface area contributed by atoms with E-state index in [-0.39, 0.29) is 18.0 Å². The van der Waals surface area contributed by atoms with Crippen LogP contribution in [0.15, 0.2) is 18.2 Å². The molecule has 0 saturated carbocycles. The second-order valence-corrected chi connectivity index (χ2v) is 5.81. The van der Waals surface area contributed by atoms with Crippen molar-refractivity contribution in [3.05, 3.63) is 24.0 Å². The molecule has 0 atom stereocenters. The molecule has 1 amide bonds. The van der Waals surface area contributed by atoms with Crippen molar-refractivity contribution in [1.29, 1.82) is 0 Å². The number of amides is 1. The van der Waals surface area contributed by atoms with Crippen LogP contribution in [0, 0.1) is 5.82 Å². The molecule has 0 aliphatic heterocycles. The predicted molar refractivity (Wildman–Crippen MR) is 73.3 cm³/mol. The maximum Gasteiger partial charge on any atom is 0.411 e. The van der Waals surface area contributed by atoms with Gasteiger partial charge in [0.15, 0.2) is 0 Å². The highest BCUT2D eigenvalue weighted by atomic mass is 32.2. The Kier molecular flexibility index (Phi) is 5.28. The number of carbonyl (C=O) groups excluding carboxylic acids is 1. The van der Waals surface area contributed by atoms with E-state index in [1.54, 1.807) is 6.92 Å². The van der Waals surface area contributed by atoms with Crippen molar-refractivity contribution >= 4 is 27.7 Å². The first kappa shape index (κ1) is 16.2. The Labute approximate surface area is 116 Å². The number of halogens is 1. The van der Waals surface area contributed by atoms with Gasteiger partial charge in [-0.15, -0.1) is 0 Å². The summed E-state index contributed by atoms with van der Waals surface area (Å²) < 4.78 is 44.6. The van der Waals surface area contributed by atoms with E-state index in [0.29, 0.717) is 0 Å². The van der Waals surface area contributed by atoms with Crippen molar-refractivity contribution < 1.29 is 22.3 Å². The summed E-state index contributed by atoms with van der Waals surface area (Å²) in [7, 11) is -1.00. The van der Waals surface area contributed by atoms with E-state index >= 15 is 0 Å². The van der Waals surface area contributed by atoms with Crippen molar-refractivity contribution in [2.45, 2.75) is 6.92 Å². The van der Waals surface area contributed by atoms with Crippen molar-refractivity contribution in [3.63, 3.8) is 0 Å². The summed E-state index contributed by atoms with van der Waals surface area (Å²) in [4.78, 5) is 11.2. The number of hydrogen-bond donors (Lipinski definition) is 2. The van der Waals surface area contributed by atoms with E-state index in [2.05, 4.69) is 14.8 Å². The van der Waals surface area contributed by atoms with Gasteiger partial charge in [-0.3, -0.25) is 10.0 Å². The van der Waals surface area contributed by atoms with Gasteiger partial charge in [0.1, 0.15) is 5.82 Å². The Bertz CT molecular complexity index is 589. The van der Waals surface area contributed by atoms with Crippen molar-refractivity contribution in [3.8, 4) is 0 Å². The van der Waals surface area contributed by atoms with Crippen LogP contribution in [0.25, 0.3) is 0 Å². The van der Waals surface area contributed by atoms with Crippen molar-refractivity contribution in [2.24, 2.45) is 0 Å². The number of anilines is 2. The van der Waals surface area contributed by atoms with E-state index in [0.717, 1.165) is 16.4 Å². The molecule has 1 aromatic carbocycles. The lowest BCUT2D eigenvalue weighted by Crippen LogP contribution is -2.29. The highest BCUT2D eigenvalue weighted by Crippen LogP contribution is 2.21. The summed E-state index contributed by atoms with van der Waals surface area (Å²) in [5.74, 6) is -0.703. The zero-order valence-corrected chi connectivity index (χ0v) is 12.1. The number of ether oxygens (including phenoxy) is 1. The molecule has 0 spiro atoms. The van der Waals surface area contributed by atoms with Gasteiger partial charge < -0.3 is 4.74 Å². The minimum atomic E-state index is -3.70. The van der Waals surface area contributed by atoms with E-state index in [1.807, 2.05) is 0 Å². The number of rotatable bonds is 5. The van der Waals surface area contributed by atoms with Gasteiger partial charge >= 0.3 is 16.3 Å². The van der Waals surface area contributed by atoms with Crippen LogP contribution in [0.4, 0.5) is 20.6 Å². The molecule has 9 heteroatoms. The molecule has 112 valence electrons. The number of nitrogens with one attached hydrogen (secondary N) is 2. The Balaban J connectivity index is 2.94. The molecule has 20 heavy (non-hydrogen) atoms. The zero-order valence-electron chi connectivity index (χ0n) is 11.3. The summed E-state index contributed by atoms with van der Waals surface area (Å²) in [5, 5.41) is 2.18. The Morgan fingerprint density at radius 3 is 2.60 bits per heavy atom. The van der Waals surface area contributed by atoms with Gasteiger partial charge in [-0.05, 0) is 25.1 Å². The fourth-order valence-corrected chi connectivity index (χ4v) is 1.81. The third-order valence-electron chi connectivity index (χ3n) is 2.21. The molecule has 7 nitrogen and oxygen atoms in total. The van der Waals surface area contributed by atoms with Crippen LogP contribution in [0.2, 0.25) is 0 Å². The van der Waals surface area contributed by atoms with Crippen LogP contribution in [-0.2, 0) is 14.9 Å². The molecule has 0 aromatic heterocycles. The molecule has 0 heterocycles. The molecule has 0 saturated heterocycles. The zero-order chi connectivity index (χ0) is 15.3. The monoisotopic (exact) mass is 305 g/mol. The van der Waals surface area contributed by atoms with E-state index in [1.165, 1.54) is 20.2 Å². The maximum absolute atomic E-state index is 13.5. The minimum Gasteiger partial charge on any atom is -0.450 e. The van der Waals surface area contributed by atoms with E-state index in [9.17, 15) is 17.6 Å². The van der Waals surface area contributed by atoms with Gasteiger partial charge in [0.25, 0.3) is 0 Å². The van der Waals surface area contributed by atoms with Gasteiger partial charge in [0.2, 0.25) is 0 Å². The van der Waals surface area contributed by atoms with Crippen LogP contribution >= 0.6 is 0 Å². The Morgan fingerprint density at radius 2 is 2.05 bits per heavy atom. The minimum absolute atomic E-state index is 0.117. The second kappa shape index (κ2) is 6.53. The first-order chi connectivity index (χ1) is 9.26. The average Bonchev–Trinajstić information content (AvgIpc) is 2.33. The molecule has 1 aromatic rings. The number of carbonyl (C=O) groups is 1. The molecule has 1 rings (SSSR count). The smallest absolute Gasteiger partial charge is 0.411 e. The van der Waals surface area contributed by atoms with Crippen LogP contribution in [0.1, 0.15) is 6.92 Å². The molecular weight excluding hydrogens is 289 g/mol. The van der Waals surface area contributed by atoms with Crippen molar-refractivity contribution in [2.75, 3.05) is 30.7 Å². The predicted octanol–water partition coefficient (Wildman–Crippen LogP) is 1.61. The van der Waals surface area contributed by atoms with Gasteiger partial charge in [0.05, 0.1) is 18.0 Å². The van der Waals surface area contributed by atoms with Crippen LogP contribution in [0.5, 0.6) is 0 Å². The normalized spacial score (nSPS) is 11.2. The highest BCUT2D eigenvalue weighted by Gasteiger charge is 2.15. The topological polar surface area (TPSA) is 87.7 Å². The van der Waals surface area contributed by atoms with Crippen LogP contribution < -0.4 is 10.0 Å². The summed E-state index contributed by atoms with van der Waals surface area (Å²) in [5.41, 5.74) is -0.0608. The maximum atomic E-state index is 13.5. The molecule has 0 aliphatic carbocycles. The van der Waals surface area contributed by atoms with Crippen LogP contribution in [-0.4, -0.2) is 39.5 Å². The Hall–Kier alpha value is -1.87.